The summed E-state index contributed by atoms with van der Waals surface area (Å²) in [6.45, 7) is 0. The molecule has 6 rings (SSSR count). The standard InChI is InChI=1S/C22H15FN4OS/c23-15-8-3-1-6-13(15)20-18-19(26-22-24-12-25-27(20)22)14-7-2-4-9-16(14)28-21(18)17-10-5-11-29-17/h1-12,20-21H,(H,24,25,26). The summed E-state index contributed by atoms with van der Waals surface area (Å²) in [4.78, 5) is 5.41. The first kappa shape index (κ1) is 16.5. The molecule has 0 bridgehead atoms. The molecule has 2 unspecified atom stereocenters. The van der Waals surface area contributed by atoms with Crippen LogP contribution in [-0.4, -0.2) is 14.8 Å². The molecular weight excluding hydrogens is 387 g/mol. The number of benzene rings is 2. The molecule has 7 heteroatoms. The van der Waals surface area contributed by atoms with Crippen LogP contribution in [0.25, 0.3) is 5.70 Å². The molecule has 2 aromatic carbocycles. The molecule has 0 aliphatic carbocycles. The summed E-state index contributed by atoms with van der Waals surface area (Å²) in [5.74, 6) is 1.09. The van der Waals surface area contributed by atoms with E-state index in [0.717, 1.165) is 27.5 Å². The highest BCUT2D eigenvalue weighted by molar-refractivity contribution is 7.10. The van der Waals surface area contributed by atoms with Gasteiger partial charge in [0.05, 0.1) is 5.70 Å². The van der Waals surface area contributed by atoms with Gasteiger partial charge in [0.1, 0.15) is 23.9 Å². The van der Waals surface area contributed by atoms with Gasteiger partial charge in [0.25, 0.3) is 0 Å². The van der Waals surface area contributed by atoms with Crippen LogP contribution < -0.4 is 10.1 Å². The minimum Gasteiger partial charge on any atom is -0.480 e. The summed E-state index contributed by atoms with van der Waals surface area (Å²) in [6.07, 6.45) is 1.14. The molecule has 0 fully saturated rings. The fourth-order valence-electron chi connectivity index (χ4n) is 4.09. The van der Waals surface area contributed by atoms with Gasteiger partial charge in [-0.05, 0) is 29.6 Å². The Morgan fingerprint density at radius 2 is 1.90 bits per heavy atom. The number of rotatable bonds is 2. The molecule has 2 aliphatic rings. The van der Waals surface area contributed by atoms with Crippen LogP contribution in [0.5, 0.6) is 5.75 Å². The highest BCUT2D eigenvalue weighted by atomic mass is 32.1. The van der Waals surface area contributed by atoms with Gasteiger partial charge in [-0.15, -0.1) is 11.3 Å². The highest BCUT2D eigenvalue weighted by Crippen LogP contribution is 2.51. The number of fused-ring (bicyclic) bond motifs is 3. The number of halogens is 1. The van der Waals surface area contributed by atoms with Crippen molar-refractivity contribution in [1.29, 1.82) is 0 Å². The fraction of sp³-hybridized carbons (Fsp3) is 0.0909. The van der Waals surface area contributed by atoms with E-state index in [2.05, 4.69) is 15.4 Å². The first-order valence-electron chi connectivity index (χ1n) is 9.26. The second-order valence-electron chi connectivity index (χ2n) is 6.92. The van der Waals surface area contributed by atoms with Crippen LogP contribution in [0, 0.1) is 5.82 Å². The number of thiophene rings is 1. The van der Waals surface area contributed by atoms with Crippen molar-refractivity contribution in [3.63, 3.8) is 0 Å². The summed E-state index contributed by atoms with van der Waals surface area (Å²) < 4.78 is 23.1. The quantitative estimate of drug-likeness (QED) is 0.510. The maximum absolute atomic E-state index is 15.0. The molecule has 1 N–H and O–H groups in total. The van der Waals surface area contributed by atoms with Crippen LogP contribution >= 0.6 is 11.3 Å². The molecule has 5 nitrogen and oxygen atoms in total. The fourth-order valence-corrected chi connectivity index (χ4v) is 4.86. The SMILES string of the molecule is Fc1ccccc1C1C2=C(Nc3ncnn31)c1ccccc1OC2c1cccs1. The topological polar surface area (TPSA) is 52.0 Å². The molecule has 0 amide bonds. The predicted octanol–water partition coefficient (Wildman–Crippen LogP) is 5.04. The van der Waals surface area contributed by atoms with Gasteiger partial charge in [0.15, 0.2) is 6.10 Å². The minimum absolute atomic E-state index is 0.281. The van der Waals surface area contributed by atoms with E-state index < -0.39 is 6.04 Å². The number of nitrogens with one attached hydrogen (secondary N) is 1. The maximum atomic E-state index is 15.0. The number of hydrogen-bond donors (Lipinski definition) is 1. The predicted molar refractivity (Wildman–Crippen MR) is 109 cm³/mol. The number of para-hydroxylation sites is 1. The van der Waals surface area contributed by atoms with E-state index in [1.54, 1.807) is 28.2 Å². The number of ether oxygens (including phenoxy) is 1. The van der Waals surface area contributed by atoms with Crippen molar-refractivity contribution in [2.24, 2.45) is 0 Å². The highest BCUT2D eigenvalue weighted by Gasteiger charge is 2.41. The Balaban J connectivity index is 1.66. The van der Waals surface area contributed by atoms with Crippen LogP contribution in [-0.2, 0) is 0 Å². The molecule has 2 atom stereocenters. The Morgan fingerprint density at radius 1 is 1.03 bits per heavy atom. The molecule has 0 radical (unpaired) electrons. The van der Waals surface area contributed by atoms with Crippen LogP contribution in [0.4, 0.5) is 10.3 Å². The number of nitrogens with zero attached hydrogens (tertiary/aromatic N) is 3. The Bertz CT molecular complexity index is 1250. The van der Waals surface area contributed by atoms with E-state index in [9.17, 15) is 4.39 Å². The smallest absolute Gasteiger partial charge is 0.226 e. The summed E-state index contributed by atoms with van der Waals surface area (Å²) in [7, 11) is 0. The minimum atomic E-state index is -0.467. The van der Waals surface area contributed by atoms with Crippen LogP contribution in [0.3, 0.4) is 0 Å². The van der Waals surface area contributed by atoms with Crippen molar-refractivity contribution in [3.05, 3.63) is 99.8 Å². The van der Waals surface area contributed by atoms with Gasteiger partial charge in [0.2, 0.25) is 5.95 Å². The zero-order valence-corrected chi connectivity index (χ0v) is 15.9. The second kappa shape index (κ2) is 6.28. The molecule has 2 aliphatic heterocycles. The van der Waals surface area contributed by atoms with Crippen molar-refractivity contribution in [1.82, 2.24) is 14.8 Å². The van der Waals surface area contributed by atoms with Gasteiger partial charge < -0.3 is 10.1 Å². The van der Waals surface area contributed by atoms with Gasteiger partial charge in [-0.3, -0.25) is 0 Å². The first-order valence-corrected chi connectivity index (χ1v) is 10.1. The molecule has 0 spiro atoms. The molecule has 0 saturated heterocycles. The second-order valence-corrected chi connectivity index (χ2v) is 7.90. The third kappa shape index (κ3) is 2.44. The van der Waals surface area contributed by atoms with Crippen molar-refractivity contribution in [3.8, 4) is 5.75 Å². The van der Waals surface area contributed by atoms with E-state index >= 15 is 0 Å². The number of aromatic nitrogens is 3. The Kier molecular flexibility index (Phi) is 3.57. The third-order valence-corrected chi connectivity index (χ3v) is 6.24. The molecule has 4 heterocycles. The molecule has 2 aromatic heterocycles. The van der Waals surface area contributed by atoms with E-state index in [4.69, 9.17) is 4.74 Å². The van der Waals surface area contributed by atoms with E-state index in [1.165, 1.54) is 12.4 Å². The summed E-state index contributed by atoms with van der Waals surface area (Å²) >= 11 is 1.62. The van der Waals surface area contributed by atoms with E-state index in [0.29, 0.717) is 11.5 Å². The number of hydrogen-bond acceptors (Lipinski definition) is 5. The lowest BCUT2D eigenvalue weighted by Crippen LogP contribution is -2.32. The van der Waals surface area contributed by atoms with Crippen molar-refractivity contribution in [2.45, 2.75) is 12.1 Å². The van der Waals surface area contributed by atoms with Gasteiger partial charge in [-0.1, -0.05) is 36.4 Å². The lowest BCUT2D eigenvalue weighted by Gasteiger charge is -2.38. The van der Waals surface area contributed by atoms with Crippen LogP contribution in [0.15, 0.2) is 77.9 Å². The molecule has 29 heavy (non-hydrogen) atoms. The van der Waals surface area contributed by atoms with Crippen molar-refractivity contribution < 1.29 is 9.13 Å². The van der Waals surface area contributed by atoms with Gasteiger partial charge in [-0.25, -0.2) is 9.07 Å². The molecule has 4 aromatic rings. The van der Waals surface area contributed by atoms with Crippen LogP contribution in [0.2, 0.25) is 0 Å². The Morgan fingerprint density at radius 3 is 2.76 bits per heavy atom. The molecule has 142 valence electrons. The molecule has 0 saturated carbocycles. The lowest BCUT2D eigenvalue weighted by molar-refractivity contribution is 0.226. The van der Waals surface area contributed by atoms with Gasteiger partial charge >= 0.3 is 0 Å². The Hall–Kier alpha value is -3.45. The van der Waals surface area contributed by atoms with Crippen molar-refractivity contribution in [2.75, 3.05) is 5.32 Å². The average Bonchev–Trinajstić information content (AvgIpc) is 3.44. The summed E-state index contributed by atoms with van der Waals surface area (Å²) in [6, 6.07) is 18.3. The third-order valence-electron chi connectivity index (χ3n) is 5.32. The molecular formula is C22H15FN4OS. The maximum Gasteiger partial charge on any atom is 0.226 e. The van der Waals surface area contributed by atoms with Gasteiger partial charge in [-0.2, -0.15) is 10.1 Å². The largest absolute Gasteiger partial charge is 0.480 e. The zero-order valence-electron chi connectivity index (χ0n) is 15.1. The normalized spacial score (nSPS) is 19.6. The average molecular weight is 402 g/mol. The van der Waals surface area contributed by atoms with Crippen LogP contribution in [0.1, 0.15) is 28.1 Å². The Labute approximate surface area is 170 Å². The van der Waals surface area contributed by atoms with Gasteiger partial charge in [0, 0.05) is 21.6 Å². The first-order chi connectivity index (χ1) is 14.3. The zero-order chi connectivity index (χ0) is 19.4. The monoisotopic (exact) mass is 402 g/mol. The lowest BCUT2D eigenvalue weighted by atomic mass is 9.86. The van der Waals surface area contributed by atoms with E-state index in [-0.39, 0.29) is 11.9 Å². The summed E-state index contributed by atoms with van der Waals surface area (Å²) in [5, 5.41) is 9.85. The van der Waals surface area contributed by atoms with E-state index in [1.807, 2.05) is 47.8 Å². The van der Waals surface area contributed by atoms with Crippen molar-refractivity contribution >= 4 is 23.0 Å². The summed E-state index contributed by atoms with van der Waals surface area (Å²) in [5.41, 5.74) is 3.30. The number of anilines is 1.